The Labute approximate surface area is 115 Å². The normalized spacial score (nSPS) is 12.7. The first-order valence-electron chi connectivity index (χ1n) is 5.93. The van der Waals surface area contributed by atoms with E-state index in [4.69, 9.17) is 5.84 Å². The first kappa shape index (κ1) is 14.1. The summed E-state index contributed by atoms with van der Waals surface area (Å²) < 4.78 is 28.1. The van der Waals surface area contributed by atoms with Crippen LogP contribution in [0.1, 0.15) is 32.5 Å². The van der Waals surface area contributed by atoms with Gasteiger partial charge in [-0.3, -0.25) is 5.84 Å². The predicted octanol–water partition coefficient (Wildman–Crippen LogP) is 3.50. The highest BCUT2D eigenvalue weighted by Crippen LogP contribution is 2.33. The second-order valence-electron chi connectivity index (χ2n) is 4.58. The molecule has 0 saturated carbocycles. The second kappa shape index (κ2) is 5.36. The molecule has 0 amide bonds. The number of halogens is 2. The van der Waals surface area contributed by atoms with Crippen molar-refractivity contribution in [3.05, 3.63) is 56.3 Å². The third kappa shape index (κ3) is 2.54. The third-order valence-corrected chi connectivity index (χ3v) is 4.46. The van der Waals surface area contributed by atoms with Crippen LogP contribution in [0.4, 0.5) is 8.78 Å². The highest BCUT2D eigenvalue weighted by atomic mass is 32.1. The van der Waals surface area contributed by atoms with Crippen LogP contribution in [0.5, 0.6) is 0 Å². The van der Waals surface area contributed by atoms with E-state index in [1.54, 1.807) is 6.92 Å². The van der Waals surface area contributed by atoms with Gasteiger partial charge in [0.15, 0.2) is 0 Å². The molecule has 1 heterocycles. The molecule has 1 unspecified atom stereocenters. The van der Waals surface area contributed by atoms with E-state index in [9.17, 15) is 8.78 Å². The number of nitrogens with two attached hydrogens (primary N) is 1. The zero-order chi connectivity index (χ0) is 14.2. The summed E-state index contributed by atoms with van der Waals surface area (Å²) in [7, 11) is 0. The standard InChI is InChI=1S/C14H16F2N2S/c1-7-4-5-10(15)12(13(7)16)14(18-17)11-6-8(2)9(3)19-11/h4-6,14,18H,17H2,1-3H3. The number of hydrazine groups is 1. The molecule has 0 saturated heterocycles. The zero-order valence-corrected chi connectivity index (χ0v) is 11.9. The molecular formula is C14H16F2N2S. The van der Waals surface area contributed by atoms with Gasteiger partial charge in [-0.15, -0.1) is 11.3 Å². The fourth-order valence-corrected chi connectivity index (χ4v) is 3.11. The van der Waals surface area contributed by atoms with Crippen molar-refractivity contribution >= 4 is 11.3 Å². The number of hydrogen-bond donors (Lipinski definition) is 2. The SMILES string of the molecule is Cc1cc(C(NN)c2c(F)ccc(C)c2F)sc1C. The van der Waals surface area contributed by atoms with Crippen molar-refractivity contribution in [2.45, 2.75) is 26.8 Å². The van der Waals surface area contributed by atoms with Crippen molar-refractivity contribution in [3.8, 4) is 0 Å². The fraction of sp³-hybridized carbons (Fsp3) is 0.286. The Morgan fingerprint density at radius 1 is 1.16 bits per heavy atom. The van der Waals surface area contributed by atoms with Crippen LogP contribution in [0, 0.1) is 32.4 Å². The average molecular weight is 282 g/mol. The minimum absolute atomic E-state index is 0.0243. The number of nitrogens with one attached hydrogen (secondary N) is 1. The Morgan fingerprint density at radius 3 is 2.37 bits per heavy atom. The van der Waals surface area contributed by atoms with Gasteiger partial charge in [-0.1, -0.05) is 6.07 Å². The number of hydrogen-bond acceptors (Lipinski definition) is 3. The molecule has 0 bridgehead atoms. The van der Waals surface area contributed by atoms with Crippen LogP contribution in [0.3, 0.4) is 0 Å². The van der Waals surface area contributed by atoms with Crippen LogP contribution in [-0.4, -0.2) is 0 Å². The molecule has 2 aromatic rings. The Hall–Kier alpha value is -1.30. The number of benzene rings is 1. The van der Waals surface area contributed by atoms with Gasteiger partial charge in [0.25, 0.3) is 0 Å². The number of aryl methyl sites for hydroxylation is 3. The Bertz CT molecular complexity index is 588. The first-order chi connectivity index (χ1) is 8.95. The highest BCUT2D eigenvalue weighted by molar-refractivity contribution is 7.12. The molecule has 5 heteroatoms. The van der Waals surface area contributed by atoms with E-state index in [0.29, 0.717) is 5.56 Å². The largest absolute Gasteiger partial charge is 0.271 e. The molecule has 19 heavy (non-hydrogen) atoms. The third-order valence-electron chi connectivity index (χ3n) is 3.24. The minimum Gasteiger partial charge on any atom is -0.271 e. The lowest BCUT2D eigenvalue weighted by atomic mass is 10.0. The van der Waals surface area contributed by atoms with E-state index in [2.05, 4.69) is 5.43 Å². The molecule has 3 N–H and O–H groups in total. The summed E-state index contributed by atoms with van der Waals surface area (Å²) in [5.74, 6) is 4.37. The molecule has 0 aliphatic heterocycles. The molecule has 0 fully saturated rings. The van der Waals surface area contributed by atoms with E-state index < -0.39 is 17.7 Å². The van der Waals surface area contributed by atoms with Gasteiger partial charge in [0.05, 0.1) is 6.04 Å². The Balaban J connectivity index is 2.57. The summed E-state index contributed by atoms with van der Waals surface area (Å²) in [4.78, 5) is 1.92. The molecule has 0 aliphatic rings. The van der Waals surface area contributed by atoms with Crippen LogP contribution in [-0.2, 0) is 0 Å². The van der Waals surface area contributed by atoms with Gasteiger partial charge in [-0.2, -0.15) is 0 Å². The van der Waals surface area contributed by atoms with Crippen molar-refractivity contribution in [2.24, 2.45) is 5.84 Å². The van der Waals surface area contributed by atoms with E-state index in [1.807, 2.05) is 19.9 Å². The lowest BCUT2D eigenvalue weighted by molar-refractivity contribution is 0.509. The van der Waals surface area contributed by atoms with Crippen molar-refractivity contribution in [1.29, 1.82) is 0 Å². The molecule has 0 spiro atoms. The van der Waals surface area contributed by atoms with Gasteiger partial charge < -0.3 is 0 Å². The van der Waals surface area contributed by atoms with Gasteiger partial charge in [0.2, 0.25) is 0 Å². The van der Waals surface area contributed by atoms with Crippen molar-refractivity contribution in [1.82, 2.24) is 5.43 Å². The van der Waals surface area contributed by atoms with Crippen molar-refractivity contribution in [3.63, 3.8) is 0 Å². The molecular weight excluding hydrogens is 266 g/mol. The molecule has 2 rings (SSSR count). The quantitative estimate of drug-likeness (QED) is 0.668. The van der Waals surface area contributed by atoms with E-state index in [-0.39, 0.29) is 5.56 Å². The van der Waals surface area contributed by atoms with Crippen LogP contribution in [0.2, 0.25) is 0 Å². The monoisotopic (exact) mass is 282 g/mol. The van der Waals surface area contributed by atoms with E-state index in [1.165, 1.54) is 23.5 Å². The highest BCUT2D eigenvalue weighted by Gasteiger charge is 2.24. The summed E-state index contributed by atoms with van der Waals surface area (Å²) >= 11 is 1.49. The maximum Gasteiger partial charge on any atom is 0.134 e. The van der Waals surface area contributed by atoms with Gasteiger partial charge >= 0.3 is 0 Å². The fourth-order valence-electron chi connectivity index (χ4n) is 1.99. The lowest BCUT2D eigenvalue weighted by Gasteiger charge is -2.17. The van der Waals surface area contributed by atoms with Crippen LogP contribution in [0.15, 0.2) is 18.2 Å². The summed E-state index contributed by atoms with van der Waals surface area (Å²) in [6.45, 7) is 5.54. The Morgan fingerprint density at radius 2 is 1.84 bits per heavy atom. The molecule has 1 atom stereocenters. The van der Waals surface area contributed by atoms with Crippen molar-refractivity contribution < 1.29 is 8.78 Å². The van der Waals surface area contributed by atoms with Crippen LogP contribution in [0.25, 0.3) is 0 Å². The molecule has 0 radical (unpaired) electrons. The number of rotatable bonds is 3. The first-order valence-corrected chi connectivity index (χ1v) is 6.75. The average Bonchev–Trinajstić information content (AvgIpc) is 2.70. The molecule has 2 nitrogen and oxygen atoms in total. The summed E-state index contributed by atoms with van der Waals surface area (Å²) in [5, 5.41) is 0. The summed E-state index contributed by atoms with van der Waals surface area (Å²) in [5.41, 5.74) is 3.99. The van der Waals surface area contributed by atoms with Crippen LogP contribution < -0.4 is 11.3 Å². The maximum atomic E-state index is 14.2. The van der Waals surface area contributed by atoms with E-state index >= 15 is 0 Å². The minimum atomic E-state index is -0.669. The predicted molar refractivity (Wildman–Crippen MR) is 74.1 cm³/mol. The molecule has 0 aliphatic carbocycles. The summed E-state index contributed by atoms with van der Waals surface area (Å²) in [6, 6.07) is 3.93. The molecule has 1 aromatic heterocycles. The second-order valence-corrected chi connectivity index (χ2v) is 5.87. The maximum absolute atomic E-state index is 14.2. The van der Waals surface area contributed by atoms with E-state index in [0.717, 1.165) is 15.3 Å². The Kier molecular flexibility index (Phi) is 3.99. The van der Waals surface area contributed by atoms with Crippen molar-refractivity contribution in [2.75, 3.05) is 0 Å². The van der Waals surface area contributed by atoms with Gasteiger partial charge in [-0.25, -0.2) is 14.2 Å². The number of thiophene rings is 1. The van der Waals surface area contributed by atoms with Gasteiger partial charge in [0.1, 0.15) is 11.6 Å². The van der Waals surface area contributed by atoms with Gasteiger partial charge in [0, 0.05) is 15.3 Å². The van der Waals surface area contributed by atoms with Crippen LogP contribution >= 0.6 is 11.3 Å². The molecule has 102 valence electrons. The van der Waals surface area contributed by atoms with Gasteiger partial charge in [-0.05, 0) is 44.0 Å². The topological polar surface area (TPSA) is 38.0 Å². The lowest BCUT2D eigenvalue weighted by Crippen LogP contribution is -2.30. The smallest absolute Gasteiger partial charge is 0.134 e. The molecule has 1 aromatic carbocycles. The summed E-state index contributed by atoms with van der Waals surface area (Å²) in [6.07, 6.45) is 0. The zero-order valence-electron chi connectivity index (χ0n) is 11.1.